The molecule has 0 radical (unpaired) electrons. The van der Waals surface area contributed by atoms with Crippen LogP contribution < -0.4 is 0 Å². The summed E-state index contributed by atoms with van der Waals surface area (Å²) in [5.41, 5.74) is 2.21. The van der Waals surface area contributed by atoms with Gasteiger partial charge in [0.15, 0.2) is 0 Å². The van der Waals surface area contributed by atoms with Gasteiger partial charge in [0, 0.05) is 16.8 Å². The summed E-state index contributed by atoms with van der Waals surface area (Å²) >= 11 is 7.37. The van der Waals surface area contributed by atoms with Crippen molar-refractivity contribution in [2.75, 3.05) is 0 Å². The molecule has 2 aromatic rings. The van der Waals surface area contributed by atoms with Gasteiger partial charge in [-0.3, -0.25) is 4.68 Å². The Balaban J connectivity index is 2.17. The van der Waals surface area contributed by atoms with E-state index in [1.807, 2.05) is 17.8 Å². The zero-order chi connectivity index (χ0) is 10.8. The van der Waals surface area contributed by atoms with E-state index in [1.54, 1.807) is 11.3 Å². The molecule has 0 aliphatic heterocycles. The van der Waals surface area contributed by atoms with Gasteiger partial charge in [0.1, 0.15) is 5.01 Å². The van der Waals surface area contributed by atoms with Crippen molar-refractivity contribution in [3.8, 4) is 0 Å². The normalized spacial score (nSPS) is 10.9. The average molecular weight is 242 g/mol. The van der Waals surface area contributed by atoms with Crippen LogP contribution in [0.15, 0.2) is 12.3 Å². The van der Waals surface area contributed by atoms with Gasteiger partial charge in [-0.05, 0) is 19.9 Å². The number of aromatic nitrogens is 3. The van der Waals surface area contributed by atoms with Crippen LogP contribution in [-0.4, -0.2) is 14.8 Å². The van der Waals surface area contributed by atoms with Gasteiger partial charge in [-0.15, -0.1) is 22.9 Å². The summed E-state index contributed by atoms with van der Waals surface area (Å²) in [5, 5.41) is 5.44. The molecule has 0 bridgehead atoms. The Kier molecular flexibility index (Phi) is 3.07. The second-order valence-electron chi connectivity index (χ2n) is 3.44. The van der Waals surface area contributed by atoms with Gasteiger partial charge in [-0.2, -0.15) is 5.10 Å². The van der Waals surface area contributed by atoms with Crippen molar-refractivity contribution in [1.82, 2.24) is 14.8 Å². The number of nitrogens with zero attached hydrogens (tertiary/aromatic N) is 3. The first-order valence-corrected chi connectivity index (χ1v) is 6.04. The largest absolute Gasteiger partial charge is 0.263 e. The Bertz CT molecular complexity index is 461. The van der Waals surface area contributed by atoms with Crippen LogP contribution in [0, 0.1) is 13.8 Å². The Morgan fingerprint density at radius 1 is 1.47 bits per heavy atom. The quantitative estimate of drug-likeness (QED) is 0.774. The molecule has 0 spiro atoms. The lowest BCUT2D eigenvalue weighted by atomic mass is 10.4. The third kappa shape index (κ3) is 2.38. The van der Waals surface area contributed by atoms with Crippen LogP contribution in [0.2, 0.25) is 0 Å². The molecule has 0 aliphatic rings. The van der Waals surface area contributed by atoms with Crippen LogP contribution in [0.4, 0.5) is 0 Å². The van der Waals surface area contributed by atoms with E-state index in [9.17, 15) is 0 Å². The number of thiazole rings is 1. The smallest absolute Gasteiger partial charge is 0.114 e. The van der Waals surface area contributed by atoms with Gasteiger partial charge < -0.3 is 0 Å². The first-order chi connectivity index (χ1) is 7.19. The summed E-state index contributed by atoms with van der Waals surface area (Å²) in [7, 11) is 0. The van der Waals surface area contributed by atoms with Crippen LogP contribution >= 0.6 is 22.9 Å². The summed E-state index contributed by atoms with van der Waals surface area (Å²) in [6.07, 6.45) is 1.83. The van der Waals surface area contributed by atoms with Crippen LogP contribution in [0.1, 0.15) is 21.3 Å². The highest BCUT2D eigenvalue weighted by Crippen LogP contribution is 2.16. The van der Waals surface area contributed by atoms with Gasteiger partial charge >= 0.3 is 0 Å². The number of rotatable bonds is 3. The SMILES string of the molecule is Cc1cc(C)n(Cc2ncc(CCl)s2)n1. The third-order valence-electron chi connectivity index (χ3n) is 2.12. The molecule has 15 heavy (non-hydrogen) atoms. The molecule has 0 unspecified atom stereocenters. The Hall–Kier alpha value is -0.870. The lowest BCUT2D eigenvalue weighted by Gasteiger charge is -1.99. The maximum atomic E-state index is 5.73. The zero-order valence-corrected chi connectivity index (χ0v) is 10.3. The van der Waals surface area contributed by atoms with Crippen molar-refractivity contribution in [1.29, 1.82) is 0 Å². The van der Waals surface area contributed by atoms with Crippen LogP contribution in [0.5, 0.6) is 0 Å². The molecule has 3 nitrogen and oxygen atoms in total. The van der Waals surface area contributed by atoms with Gasteiger partial charge in [-0.25, -0.2) is 4.98 Å². The molecule has 0 fully saturated rings. The first kappa shape index (κ1) is 10.6. The maximum absolute atomic E-state index is 5.73. The molecule has 2 heterocycles. The standard InChI is InChI=1S/C10H12ClN3S/c1-7-3-8(2)14(13-7)6-10-12-5-9(4-11)15-10/h3,5H,4,6H2,1-2H3. The molecular formula is C10H12ClN3S. The summed E-state index contributed by atoms with van der Waals surface area (Å²) in [4.78, 5) is 5.41. The summed E-state index contributed by atoms with van der Waals surface area (Å²) in [5.74, 6) is 0.536. The van der Waals surface area contributed by atoms with Gasteiger partial charge in [0.05, 0.1) is 18.1 Å². The zero-order valence-electron chi connectivity index (χ0n) is 8.70. The van der Waals surface area contributed by atoms with Crippen molar-refractivity contribution >= 4 is 22.9 Å². The molecule has 80 valence electrons. The minimum absolute atomic E-state index is 0.536. The fourth-order valence-electron chi connectivity index (χ4n) is 1.45. The number of halogens is 1. The highest BCUT2D eigenvalue weighted by molar-refractivity contribution is 7.11. The highest BCUT2D eigenvalue weighted by atomic mass is 35.5. The number of aryl methyl sites for hydroxylation is 2. The molecule has 5 heteroatoms. The molecule has 0 aliphatic carbocycles. The second kappa shape index (κ2) is 4.33. The second-order valence-corrected chi connectivity index (χ2v) is 4.91. The summed E-state index contributed by atoms with van der Waals surface area (Å²) < 4.78 is 1.96. The molecule has 0 atom stereocenters. The van der Waals surface area contributed by atoms with E-state index in [-0.39, 0.29) is 0 Å². The van der Waals surface area contributed by atoms with E-state index >= 15 is 0 Å². The van der Waals surface area contributed by atoms with Gasteiger partial charge in [0.25, 0.3) is 0 Å². The van der Waals surface area contributed by atoms with Crippen LogP contribution in [-0.2, 0) is 12.4 Å². The molecular weight excluding hydrogens is 230 g/mol. The van der Waals surface area contributed by atoms with Crippen molar-refractivity contribution in [3.63, 3.8) is 0 Å². The number of hydrogen-bond donors (Lipinski definition) is 0. The molecule has 0 aromatic carbocycles. The minimum Gasteiger partial charge on any atom is -0.263 e. The van der Waals surface area contributed by atoms with Crippen LogP contribution in [0.3, 0.4) is 0 Å². The summed E-state index contributed by atoms with van der Waals surface area (Å²) in [6.45, 7) is 4.78. The van der Waals surface area contributed by atoms with Crippen molar-refractivity contribution in [3.05, 3.63) is 33.5 Å². The topological polar surface area (TPSA) is 30.7 Å². The average Bonchev–Trinajstić information content (AvgIpc) is 2.75. The number of hydrogen-bond acceptors (Lipinski definition) is 3. The van der Waals surface area contributed by atoms with E-state index < -0.39 is 0 Å². The van der Waals surface area contributed by atoms with Gasteiger partial charge in [0.2, 0.25) is 0 Å². The Morgan fingerprint density at radius 2 is 2.27 bits per heavy atom. The monoisotopic (exact) mass is 241 g/mol. The first-order valence-electron chi connectivity index (χ1n) is 4.69. The molecule has 2 aromatic heterocycles. The van der Waals surface area contributed by atoms with Gasteiger partial charge in [-0.1, -0.05) is 0 Å². The predicted molar refractivity (Wildman–Crippen MR) is 62.5 cm³/mol. The maximum Gasteiger partial charge on any atom is 0.114 e. The molecule has 0 saturated heterocycles. The number of alkyl halides is 1. The van der Waals surface area contributed by atoms with E-state index in [0.29, 0.717) is 5.88 Å². The molecule has 0 N–H and O–H groups in total. The van der Waals surface area contributed by atoms with Crippen molar-refractivity contribution < 1.29 is 0 Å². The lowest BCUT2D eigenvalue weighted by molar-refractivity contribution is 0.656. The fourth-order valence-corrected chi connectivity index (χ4v) is 2.43. The van der Waals surface area contributed by atoms with E-state index in [0.717, 1.165) is 27.8 Å². The lowest BCUT2D eigenvalue weighted by Crippen LogP contribution is -2.03. The Labute approximate surface area is 97.7 Å². The molecule has 2 rings (SSSR count). The molecule has 0 amide bonds. The van der Waals surface area contributed by atoms with E-state index in [1.165, 1.54) is 0 Å². The summed E-state index contributed by atoms with van der Waals surface area (Å²) in [6, 6.07) is 2.07. The fraction of sp³-hybridized carbons (Fsp3) is 0.400. The van der Waals surface area contributed by atoms with E-state index in [4.69, 9.17) is 11.6 Å². The highest BCUT2D eigenvalue weighted by Gasteiger charge is 2.05. The third-order valence-corrected chi connectivity index (χ3v) is 3.55. The predicted octanol–water partition coefficient (Wildman–Crippen LogP) is 2.74. The van der Waals surface area contributed by atoms with Crippen molar-refractivity contribution in [2.45, 2.75) is 26.3 Å². The van der Waals surface area contributed by atoms with Crippen molar-refractivity contribution in [2.24, 2.45) is 0 Å². The Morgan fingerprint density at radius 3 is 2.80 bits per heavy atom. The van der Waals surface area contributed by atoms with E-state index in [2.05, 4.69) is 23.1 Å². The minimum atomic E-state index is 0.536. The van der Waals surface area contributed by atoms with Crippen LogP contribution in [0.25, 0.3) is 0 Å². The molecule has 0 saturated carbocycles.